The Morgan fingerprint density at radius 3 is 2.31 bits per heavy atom. The van der Waals surface area contributed by atoms with Gasteiger partial charge in [-0.25, -0.2) is 13.4 Å². The first kappa shape index (κ1) is 26.3. The lowest BCUT2D eigenvalue weighted by Gasteiger charge is -2.27. The molecule has 0 N–H and O–H groups in total. The molecule has 4 aromatic rings. The molecule has 1 aromatic heterocycles. The molecule has 4 rings (SSSR count). The number of aromatic nitrogens is 2. The van der Waals surface area contributed by atoms with Crippen LogP contribution in [0.5, 0.6) is 11.5 Å². The van der Waals surface area contributed by atoms with Gasteiger partial charge in [0.25, 0.3) is 5.56 Å². The second-order valence-corrected chi connectivity index (χ2v) is 11.6. The number of rotatable bonds is 7. The standard InChI is InChI=1S/C25H23Br2N3O5S/c1-15(29(2)36(32,33)18-11-9-16(26)10-12-18)24-28-20-8-6-5-7-19(20)25(31)30(24)21-13-17(34-3)14-22(35-4)23(21)27/h5-15H,1-4H3. The molecule has 1 unspecified atom stereocenters. The van der Waals surface area contributed by atoms with Crippen LogP contribution in [0.1, 0.15) is 18.8 Å². The molecule has 0 amide bonds. The minimum Gasteiger partial charge on any atom is -0.497 e. The van der Waals surface area contributed by atoms with Crippen LogP contribution in [0, 0.1) is 0 Å². The van der Waals surface area contributed by atoms with Crippen LogP contribution in [-0.2, 0) is 10.0 Å². The third kappa shape index (κ3) is 4.68. The fourth-order valence-corrected chi connectivity index (χ4v) is 5.95. The summed E-state index contributed by atoms with van der Waals surface area (Å²) in [6.07, 6.45) is 0. The van der Waals surface area contributed by atoms with E-state index >= 15 is 0 Å². The Kier molecular flexibility index (Phi) is 7.56. The smallest absolute Gasteiger partial charge is 0.266 e. The van der Waals surface area contributed by atoms with Gasteiger partial charge in [0.05, 0.1) is 46.2 Å². The Labute approximate surface area is 225 Å². The zero-order chi connectivity index (χ0) is 26.2. The quantitative estimate of drug-likeness (QED) is 0.273. The van der Waals surface area contributed by atoms with E-state index in [0.29, 0.717) is 32.6 Å². The Morgan fingerprint density at radius 2 is 1.67 bits per heavy atom. The number of para-hydroxylation sites is 1. The molecule has 1 atom stereocenters. The predicted molar refractivity (Wildman–Crippen MR) is 146 cm³/mol. The summed E-state index contributed by atoms with van der Waals surface area (Å²) in [6.45, 7) is 1.69. The molecule has 36 heavy (non-hydrogen) atoms. The maximum Gasteiger partial charge on any atom is 0.266 e. The van der Waals surface area contributed by atoms with E-state index in [1.165, 1.54) is 42.3 Å². The van der Waals surface area contributed by atoms with Crippen molar-refractivity contribution in [2.75, 3.05) is 21.3 Å². The van der Waals surface area contributed by atoms with Gasteiger partial charge < -0.3 is 9.47 Å². The van der Waals surface area contributed by atoms with Crippen molar-refractivity contribution in [3.05, 3.63) is 85.8 Å². The average molecular weight is 637 g/mol. The van der Waals surface area contributed by atoms with E-state index in [-0.39, 0.29) is 16.3 Å². The maximum atomic E-state index is 13.8. The fourth-order valence-electron chi connectivity index (χ4n) is 3.79. The van der Waals surface area contributed by atoms with Crippen molar-refractivity contribution in [3.63, 3.8) is 0 Å². The second kappa shape index (κ2) is 10.3. The zero-order valence-electron chi connectivity index (χ0n) is 19.9. The average Bonchev–Trinajstić information content (AvgIpc) is 2.88. The summed E-state index contributed by atoms with van der Waals surface area (Å²) >= 11 is 6.87. The molecule has 0 aliphatic heterocycles. The van der Waals surface area contributed by atoms with E-state index in [4.69, 9.17) is 14.5 Å². The number of ether oxygens (including phenoxy) is 2. The lowest BCUT2D eigenvalue weighted by atomic mass is 10.2. The van der Waals surface area contributed by atoms with Crippen LogP contribution in [-0.4, -0.2) is 43.5 Å². The maximum absolute atomic E-state index is 13.8. The van der Waals surface area contributed by atoms with Gasteiger partial charge in [0.2, 0.25) is 10.0 Å². The zero-order valence-corrected chi connectivity index (χ0v) is 23.9. The van der Waals surface area contributed by atoms with Crippen molar-refractivity contribution in [2.24, 2.45) is 0 Å². The molecule has 3 aromatic carbocycles. The van der Waals surface area contributed by atoms with Crippen molar-refractivity contribution in [1.29, 1.82) is 0 Å². The van der Waals surface area contributed by atoms with Gasteiger partial charge in [-0.05, 0) is 59.3 Å². The molecule has 8 nitrogen and oxygen atoms in total. The molecular weight excluding hydrogens is 614 g/mol. The third-order valence-corrected chi connectivity index (χ3v) is 9.17. The molecule has 1 heterocycles. The Bertz CT molecular complexity index is 1610. The van der Waals surface area contributed by atoms with Crippen molar-refractivity contribution < 1.29 is 17.9 Å². The summed E-state index contributed by atoms with van der Waals surface area (Å²) < 4.78 is 41.7. The second-order valence-electron chi connectivity index (χ2n) is 7.94. The topological polar surface area (TPSA) is 90.7 Å². The third-order valence-electron chi connectivity index (χ3n) is 5.90. The van der Waals surface area contributed by atoms with Gasteiger partial charge in [0.15, 0.2) is 0 Å². The first-order chi connectivity index (χ1) is 17.1. The van der Waals surface area contributed by atoms with Crippen molar-refractivity contribution >= 4 is 52.8 Å². The molecule has 0 radical (unpaired) electrons. The molecule has 0 saturated heterocycles. The minimum atomic E-state index is -3.91. The van der Waals surface area contributed by atoms with Gasteiger partial charge >= 0.3 is 0 Å². The molecule has 0 spiro atoms. The first-order valence-electron chi connectivity index (χ1n) is 10.8. The number of nitrogens with zero attached hydrogens (tertiary/aromatic N) is 3. The van der Waals surface area contributed by atoms with E-state index < -0.39 is 16.1 Å². The lowest BCUT2D eigenvalue weighted by molar-refractivity contribution is 0.377. The molecule has 0 fully saturated rings. The van der Waals surface area contributed by atoms with Crippen molar-refractivity contribution in [3.8, 4) is 17.2 Å². The largest absolute Gasteiger partial charge is 0.497 e. The van der Waals surface area contributed by atoms with Crippen LogP contribution in [0.3, 0.4) is 0 Å². The van der Waals surface area contributed by atoms with Crippen LogP contribution >= 0.6 is 31.9 Å². The monoisotopic (exact) mass is 635 g/mol. The molecule has 0 aliphatic rings. The fraction of sp³-hybridized carbons (Fsp3) is 0.200. The summed E-state index contributed by atoms with van der Waals surface area (Å²) in [5.74, 6) is 1.14. The number of methoxy groups -OCH3 is 2. The van der Waals surface area contributed by atoms with Gasteiger partial charge in [-0.1, -0.05) is 28.1 Å². The van der Waals surface area contributed by atoms with E-state index in [0.717, 1.165) is 4.47 Å². The number of hydrogen-bond donors (Lipinski definition) is 0. The highest BCUT2D eigenvalue weighted by Gasteiger charge is 2.31. The normalized spacial score (nSPS) is 12.6. The minimum absolute atomic E-state index is 0.124. The molecule has 188 valence electrons. The summed E-state index contributed by atoms with van der Waals surface area (Å²) in [7, 11) is 0.576. The lowest BCUT2D eigenvalue weighted by Crippen LogP contribution is -2.35. The number of fused-ring (bicyclic) bond motifs is 1. The van der Waals surface area contributed by atoms with E-state index in [9.17, 15) is 13.2 Å². The van der Waals surface area contributed by atoms with Gasteiger partial charge in [-0.2, -0.15) is 4.31 Å². The highest BCUT2D eigenvalue weighted by molar-refractivity contribution is 9.11. The van der Waals surface area contributed by atoms with Gasteiger partial charge in [-0.3, -0.25) is 9.36 Å². The van der Waals surface area contributed by atoms with E-state index in [2.05, 4.69) is 31.9 Å². The molecule has 11 heteroatoms. The van der Waals surface area contributed by atoms with Crippen LogP contribution in [0.15, 0.2) is 79.3 Å². The summed E-state index contributed by atoms with van der Waals surface area (Å²) in [6, 6.07) is 15.8. The van der Waals surface area contributed by atoms with E-state index in [1.54, 1.807) is 55.5 Å². The first-order valence-corrected chi connectivity index (χ1v) is 13.8. The summed E-state index contributed by atoms with van der Waals surface area (Å²) in [4.78, 5) is 18.7. The van der Waals surface area contributed by atoms with Crippen molar-refractivity contribution in [1.82, 2.24) is 13.9 Å². The highest BCUT2D eigenvalue weighted by atomic mass is 79.9. The van der Waals surface area contributed by atoms with Gasteiger partial charge in [0.1, 0.15) is 17.3 Å². The van der Waals surface area contributed by atoms with Crippen LogP contribution in [0.4, 0.5) is 0 Å². The number of benzene rings is 3. The highest BCUT2D eigenvalue weighted by Crippen LogP contribution is 2.37. The van der Waals surface area contributed by atoms with Crippen molar-refractivity contribution in [2.45, 2.75) is 17.9 Å². The predicted octanol–water partition coefficient (Wildman–Crippen LogP) is 5.31. The number of hydrogen-bond acceptors (Lipinski definition) is 6. The number of halogens is 2. The molecule has 0 saturated carbocycles. The SMILES string of the molecule is COc1cc(OC)c(Br)c(-n2c(C(C)N(C)S(=O)(=O)c3ccc(Br)cc3)nc3ccccc3c2=O)c1. The summed E-state index contributed by atoms with van der Waals surface area (Å²) in [5, 5.41) is 0.389. The van der Waals surface area contributed by atoms with E-state index in [1.807, 2.05) is 0 Å². The molecular formula is C25H23Br2N3O5S. The number of sulfonamides is 1. The Balaban J connectivity index is 1.99. The molecule has 0 aliphatic carbocycles. The Hall–Kier alpha value is -2.73. The van der Waals surface area contributed by atoms with Crippen LogP contribution in [0.25, 0.3) is 16.6 Å². The molecule has 0 bridgehead atoms. The Morgan fingerprint density at radius 1 is 1.00 bits per heavy atom. The van der Waals surface area contributed by atoms with Crippen LogP contribution < -0.4 is 15.0 Å². The van der Waals surface area contributed by atoms with Gasteiger partial charge in [-0.15, -0.1) is 0 Å². The van der Waals surface area contributed by atoms with Crippen LogP contribution in [0.2, 0.25) is 0 Å². The summed E-state index contributed by atoms with van der Waals surface area (Å²) in [5.41, 5.74) is 0.514. The van der Waals surface area contributed by atoms with Gasteiger partial charge in [0, 0.05) is 23.7 Å².